The van der Waals surface area contributed by atoms with Gasteiger partial charge in [0.25, 0.3) is 5.69 Å². The zero-order valence-corrected chi connectivity index (χ0v) is 10.8. The zero-order chi connectivity index (χ0) is 13.4. The van der Waals surface area contributed by atoms with Crippen molar-refractivity contribution in [2.75, 3.05) is 13.1 Å². The van der Waals surface area contributed by atoms with Crippen LogP contribution >= 0.6 is 11.8 Å². The molecule has 1 aromatic rings. The van der Waals surface area contributed by atoms with Gasteiger partial charge in [-0.15, -0.1) is 0 Å². The summed E-state index contributed by atoms with van der Waals surface area (Å²) in [6.45, 7) is 1.30. The molecule has 1 fully saturated rings. The molecule has 1 unspecified atom stereocenters. The molecular formula is C12H11N3O3S. The number of non-ortho nitro benzene ring substituents is 1. The van der Waals surface area contributed by atoms with Crippen molar-refractivity contribution >= 4 is 28.5 Å². The molecule has 3 rings (SSSR count). The van der Waals surface area contributed by atoms with Crippen molar-refractivity contribution in [3.05, 3.63) is 39.9 Å². The third-order valence-corrected chi connectivity index (χ3v) is 4.45. The maximum Gasteiger partial charge on any atom is 0.269 e. The van der Waals surface area contributed by atoms with Crippen LogP contribution < -0.4 is 0 Å². The van der Waals surface area contributed by atoms with E-state index in [4.69, 9.17) is 0 Å². The largest absolute Gasteiger partial charge is 0.290 e. The Hall–Kier alpha value is -1.89. The molecule has 98 valence electrons. The number of carbonyl (C=O) groups is 1. The number of rotatable bonds is 2. The fraction of sp³-hybridized carbons (Fsp3) is 0.333. The van der Waals surface area contributed by atoms with E-state index in [9.17, 15) is 14.9 Å². The van der Waals surface area contributed by atoms with Crippen LogP contribution in [0.5, 0.6) is 0 Å². The van der Waals surface area contributed by atoms with Gasteiger partial charge in [0.15, 0.2) is 5.17 Å². The predicted molar refractivity (Wildman–Crippen MR) is 72.1 cm³/mol. The highest BCUT2D eigenvalue weighted by molar-refractivity contribution is 8.14. The van der Waals surface area contributed by atoms with Gasteiger partial charge in [-0.2, -0.15) is 0 Å². The number of nitrogens with zero attached hydrogens (tertiary/aromatic N) is 3. The van der Waals surface area contributed by atoms with Gasteiger partial charge in [-0.3, -0.25) is 24.8 Å². The number of amides is 1. The first-order valence-corrected chi connectivity index (χ1v) is 6.79. The molecular weight excluding hydrogens is 266 g/mol. The standard InChI is InChI=1S/C12H11N3O3S/c16-11-7-10(19-12-13-4-5-14(11)12)8-2-1-3-9(6-8)15(17)18/h1-3,6,10H,4-5,7H2. The molecule has 0 aliphatic carbocycles. The van der Waals surface area contributed by atoms with E-state index in [1.807, 2.05) is 6.07 Å². The number of hydrogen-bond acceptors (Lipinski definition) is 5. The highest BCUT2D eigenvalue weighted by Crippen LogP contribution is 2.40. The third-order valence-electron chi connectivity index (χ3n) is 3.16. The minimum absolute atomic E-state index is 0.0477. The Morgan fingerprint density at radius 3 is 3.11 bits per heavy atom. The van der Waals surface area contributed by atoms with E-state index in [1.54, 1.807) is 11.0 Å². The first-order valence-electron chi connectivity index (χ1n) is 5.91. The molecule has 19 heavy (non-hydrogen) atoms. The molecule has 2 aliphatic rings. The lowest BCUT2D eigenvalue weighted by Gasteiger charge is -2.28. The minimum atomic E-state index is -0.418. The average molecular weight is 277 g/mol. The Kier molecular flexibility index (Phi) is 2.98. The average Bonchev–Trinajstić information content (AvgIpc) is 2.87. The van der Waals surface area contributed by atoms with Gasteiger partial charge >= 0.3 is 0 Å². The highest BCUT2D eigenvalue weighted by Gasteiger charge is 2.34. The van der Waals surface area contributed by atoms with Gasteiger partial charge in [-0.05, 0) is 5.56 Å². The van der Waals surface area contributed by atoms with Crippen LogP contribution in [0.2, 0.25) is 0 Å². The molecule has 1 atom stereocenters. The lowest BCUT2D eigenvalue weighted by atomic mass is 10.1. The number of fused-ring (bicyclic) bond motifs is 1. The molecule has 2 heterocycles. The van der Waals surface area contributed by atoms with E-state index in [0.717, 1.165) is 10.7 Å². The molecule has 1 aromatic carbocycles. The number of hydrogen-bond donors (Lipinski definition) is 0. The first-order chi connectivity index (χ1) is 9.15. The fourth-order valence-electron chi connectivity index (χ4n) is 2.22. The van der Waals surface area contributed by atoms with Crippen LogP contribution in [0.25, 0.3) is 0 Å². The fourth-order valence-corrected chi connectivity index (χ4v) is 3.47. The van der Waals surface area contributed by atoms with Crippen LogP contribution in [-0.4, -0.2) is 34.0 Å². The Balaban J connectivity index is 1.88. The summed E-state index contributed by atoms with van der Waals surface area (Å²) in [6.07, 6.45) is 0.366. The topological polar surface area (TPSA) is 75.8 Å². The molecule has 0 saturated carbocycles. The SMILES string of the molecule is O=C1CC(c2cccc([N+](=O)[O-])c2)SC2=NCCN12. The van der Waals surface area contributed by atoms with Crippen LogP contribution in [0.4, 0.5) is 5.69 Å². The normalized spacial score (nSPS) is 22.1. The second kappa shape index (κ2) is 4.65. The van der Waals surface area contributed by atoms with Crippen LogP contribution in [0.3, 0.4) is 0 Å². The van der Waals surface area contributed by atoms with Crippen molar-refractivity contribution in [3.63, 3.8) is 0 Å². The zero-order valence-electron chi connectivity index (χ0n) is 9.98. The maximum absolute atomic E-state index is 12.0. The molecule has 1 amide bonds. The lowest BCUT2D eigenvalue weighted by Crippen LogP contribution is -2.37. The maximum atomic E-state index is 12.0. The summed E-state index contributed by atoms with van der Waals surface area (Å²) in [5.74, 6) is 0.0477. The van der Waals surface area contributed by atoms with Crippen molar-refractivity contribution in [2.45, 2.75) is 11.7 Å². The summed E-state index contributed by atoms with van der Waals surface area (Å²) in [7, 11) is 0. The first kappa shape index (κ1) is 12.2. The van der Waals surface area contributed by atoms with Crippen molar-refractivity contribution in [1.82, 2.24) is 4.90 Å². The van der Waals surface area contributed by atoms with Crippen LogP contribution in [0, 0.1) is 10.1 Å². The van der Waals surface area contributed by atoms with E-state index < -0.39 is 4.92 Å². The Bertz CT molecular complexity index is 587. The minimum Gasteiger partial charge on any atom is -0.290 e. The lowest BCUT2D eigenvalue weighted by molar-refractivity contribution is -0.384. The van der Waals surface area contributed by atoms with Crippen molar-refractivity contribution in [1.29, 1.82) is 0 Å². The molecule has 0 radical (unpaired) electrons. The van der Waals surface area contributed by atoms with Gasteiger partial charge in [-0.25, -0.2) is 0 Å². The molecule has 6 nitrogen and oxygen atoms in total. The Morgan fingerprint density at radius 2 is 2.32 bits per heavy atom. The number of nitro benzene ring substituents is 1. The quantitative estimate of drug-likeness (QED) is 0.611. The van der Waals surface area contributed by atoms with Gasteiger partial charge in [0.1, 0.15) is 0 Å². The van der Waals surface area contributed by atoms with Gasteiger partial charge in [0, 0.05) is 30.3 Å². The summed E-state index contributed by atoms with van der Waals surface area (Å²) in [6, 6.07) is 6.47. The number of carbonyl (C=O) groups excluding carboxylic acids is 1. The summed E-state index contributed by atoms with van der Waals surface area (Å²) >= 11 is 1.51. The van der Waals surface area contributed by atoms with Crippen molar-refractivity contribution in [2.24, 2.45) is 4.99 Å². The number of amidine groups is 1. The van der Waals surface area contributed by atoms with E-state index in [2.05, 4.69) is 4.99 Å². The molecule has 0 bridgehead atoms. The van der Waals surface area contributed by atoms with Gasteiger partial charge < -0.3 is 0 Å². The highest BCUT2D eigenvalue weighted by atomic mass is 32.2. The molecule has 0 N–H and O–H groups in total. The summed E-state index contributed by atoms with van der Waals surface area (Å²) in [5, 5.41) is 11.4. The van der Waals surface area contributed by atoms with Crippen molar-refractivity contribution < 1.29 is 9.72 Å². The van der Waals surface area contributed by atoms with Gasteiger partial charge in [-0.1, -0.05) is 23.9 Å². The van der Waals surface area contributed by atoms with Crippen LogP contribution in [0.1, 0.15) is 17.2 Å². The number of benzene rings is 1. The summed E-state index contributed by atoms with van der Waals surface area (Å²) in [4.78, 5) is 28.3. The van der Waals surface area contributed by atoms with Crippen LogP contribution in [0.15, 0.2) is 29.3 Å². The molecule has 0 spiro atoms. The monoisotopic (exact) mass is 277 g/mol. The third kappa shape index (κ3) is 2.21. The van der Waals surface area contributed by atoms with Crippen molar-refractivity contribution in [3.8, 4) is 0 Å². The summed E-state index contributed by atoms with van der Waals surface area (Å²) < 4.78 is 0. The van der Waals surface area contributed by atoms with E-state index in [-0.39, 0.29) is 16.8 Å². The van der Waals surface area contributed by atoms with Crippen LogP contribution in [-0.2, 0) is 4.79 Å². The van der Waals surface area contributed by atoms with Gasteiger partial charge in [0.2, 0.25) is 5.91 Å². The smallest absolute Gasteiger partial charge is 0.269 e. The Labute approximate surface area is 113 Å². The van der Waals surface area contributed by atoms with E-state index in [0.29, 0.717) is 19.5 Å². The van der Waals surface area contributed by atoms with E-state index >= 15 is 0 Å². The predicted octanol–water partition coefficient (Wildman–Crippen LogP) is 1.97. The number of aliphatic imine (C=N–C) groups is 1. The molecule has 1 saturated heterocycles. The second-order valence-electron chi connectivity index (χ2n) is 4.37. The molecule has 2 aliphatic heterocycles. The number of thioether (sulfide) groups is 1. The Morgan fingerprint density at radius 1 is 1.47 bits per heavy atom. The number of nitro groups is 1. The second-order valence-corrected chi connectivity index (χ2v) is 5.54. The molecule has 0 aromatic heterocycles. The van der Waals surface area contributed by atoms with Gasteiger partial charge in [0.05, 0.1) is 11.5 Å². The molecule has 7 heteroatoms. The summed E-state index contributed by atoms with van der Waals surface area (Å²) in [5.41, 5.74) is 0.864. The van der Waals surface area contributed by atoms with E-state index in [1.165, 1.54) is 23.9 Å².